The third kappa shape index (κ3) is 4.58. The topological polar surface area (TPSA) is 35.5 Å². The summed E-state index contributed by atoms with van der Waals surface area (Å²) in [4.78, 5) is 2.33. The van der Waals surface area contributed by atoms with Gasteiger partial charge in [-0.3, -0.25) is 0 Å². The van der Waals surface area contributed by atoms with E-state index in [1.165, 1.54) is 11.3 Å². The van der Waals surface area contributed by atoms with Crippen molar-refractivity contribution in [3.63, 3.8) is 0 Å². The van der Waals surface area contributed by atoms with E-state index in [9.17, 15) is 5.11 Å². The molecule has 2 rings (SSSR count). The van der Waals surface area contributed by atoms with E-state index in [-0.39, 0.29) is 0 Å². The zero-order valence-corrected chi connectivity index (χ0v) is 13.5. The molecule has 2 aromatic rings. The lowest BCUT2D eigenvalue weighted by molar-refractivity contribution is 0.174. The zero-order valence-electron chi connectivity index (χ0n) is 13.5. The molecule has 2 aromatic carbocycles. The lowest BCUT2D eigenvalue weighted by Gasteiger charge is -2.21. The summed E-state index contributed by atoms with van der Waals surface area (Å²) in [6, 6.07) is 18.4. The van der Waals surface area contributed by atoms with Crippen LogP contribution in [0.5, 0.6) is 0 Å². The number of hydrogen-bond donors (Lipinski definition) is 2. The number of hydrogen-bond acceptors (Lipinski definition) is 3. The van der Waals surface area contributed by atoms with Crippen molar-refractivity contribution in [2.24, 2.45) is 0 Å². The number of rotatable bonds is 8. The fourth-order valence-electron chi connectivity index (χ4n) is 2.56. The summed E-state index contributed by atoms with van der Waals surface area (Å²) in [5, 5.41) is 13.4. The first-order valence-electron chi connectivity index (χ1n) is 8.02. The average molecular weight is 298 g/mol. The maximum absolute atomic E-state index is 10.1. The van der Waals surface area contributed by atoms with E-state index in [0.717, 1.165) is 25.2 Å². The monoisotopic (exact) mass is 298 g/mol. The number of anilines is 1. The summed E-state index contributed by atoms with van der Waals surface area (Å²) in [5.74, 6) is 0. The third-order valence-corrected chi connectivity index (χ3v) is 3.92. The minimum atomic E-state index is -0.462. The molecule has 0 bridgehead atoms. The van der Waals surface area contributed by atoms with Crippen molar-refractivity contribution in [1.82, 2.24) is 5.32 Å². The Bertz CT molecular complexity index is 535. The van der Waals surface area contributed by atoms with Crippen molar-refractivity contribution in [2.45, 2.75) is 26.5 Å². The number of benzene rings is 2. The Kier molecular flexibility index (Phi) is 6.44. The highest BCUT2D eigenvalue weighted by Gasteiger charge is 2.06. The molecule has 0 saturated heterocycles. The Morgan fingerprint density at radius 1 is 0.955 bits per heavy atom. The van der Waals surface area contributed by atoms with E-state index in [1.54, 1.807) is 0 Å². The van der Waals surface area contributed by atoms with Gasteiger partial charge in [-0.2, -0.15) is 0 Å². The van der Waals surface area contributed by atoms with Gasteiger partial charge in [0.1, 0.15) is 0 Å². The molecule has 0 radical (unpaired) electrons. The minimum Gasteiger partial charge on any atom is -0.387 e. The number of nitrogens with one attached hydrogen (secondary N) is 1. The fraction of sp³-hybridized carbons (Fsp3) is 0.368. The number of aliphatic hydroxyl groups is 1. The third-order valence-electron chi connectivity index (χ3n) is 3.92. The van der Waals surface area contributed by atoms with Crippen LogP contribution in [-0.4, -0.2) is 24.7 Å². The van der Waals surface area contributed by atoms with Crippen LogP contribution in [0.2, 0.25) is 0 Å². The maximum atomic E-state index is 10.1. The normalized spacial score (nSPS) is 12.1. The summed E-state index contributed by atoms with van der Waals surface area (Å²) >= 11 is 0. The Morgan fingerprint density at radius 2 is 1.59 bits per heavy atom. The quantitative estimate of drug-likeness (QED) is 0.784. The van der Waals surface area contributed by atoms with Crippen LogP contribution in [0.15, 0.2) is 54.6 Å². The lowest BCUT2D eigenvalue weighted by Crippen LogP contribution is -2.22. The van der Waals surface area contributed by atoms with Gasteiger partial charge in [0, 0.05) is 31.9 Å². The summed E-state index contributed by atoms with van der Waals surface area (Å²) in [6.45, 7) is 7.72. The molecular weight excluding hydrogens is 272 g/mol. The molecule has 2 N–H and O–H groups in total. The van der Waals surface area contributed by atoms with E-state index in [0.29, 0.717) is 6.54 Å². The van der Waals surface area contributed by atoms with Crippen LogP contribution in [0, 0.1) is 0 Å². The first-order valence-corrected chi connectivity index (χ1v) is 8.02. The SMILES string of the molecule is CCN(CC)c1ccc(CNC[C@H](O)c2ccccc2)cc1. The van der Waals surface area contributed by atoms with Crippen LogP contribution in [0.25, 0.3) is 0 Å². The molecule has 1 atom stereocenters. The molecule has 0 aliphatic heterocycles. The van der Waals surface area contributed by atoms with Crippen molar-refractivity contribution < 1.29 is 5.11 Å². The van der Waals surface area contributed by atoms with Gasteiger partial charge in [-0.1, -0.05) is 42.5 Å². The van der Waals surface area contributed by atoms with Crippen LogP contribution in [0.4, 0.5) is 5.69 Å². The molecule has 22 heavy (non-hydrogen) atoms. The minimum absolute atomic E-state index is 0.462. The van der Waals surface area contributed by atoms with Crippen molar-refractivity contribution in [2.75, 3.05) is 24.5 Å². The molecule has 3 heteroatoms. The predicted molar refractivity (Wildman–Crippen MR) is 93.1 cm³/mol. The van der Waals surface area contributed by atoms with Gasteiger partial charge in [-0.25, -0.2) is 0 Å². The molecule has 0 aliphatic rings. The van der Waals surface area contributed by atoms with Crippen LogP contribution in [0.3, 0.4) is 0 Å². The molecule has 0 spiro atoms. The van der Waals surface area contributed by atoms with Gasteiger partial charge in [0.05, 0.1) is 6.10 Å². The van der Waals surface area contributed by atoms with E-state index < -0.39 is 6.10 Å². The molecule has 118 valence electrons. The predicted octanol–water partition coefficient (Wildman–Crippen LogP) is 3.36. The second-order valence-electron chi connectivity index (χ2n) is 5.40. The van der Waals surface area contributed by atoms with Gasteiger partial charge in [-0.15, -0.1) is 0 Å². The van der Waals surface area contributed by atoms with E-state index in [2.05, 4.69) is 48.3 Å². The van der Waals surface area contributed by atoms with Gasteiger partial charge < -0.3 is 15.3 Å². The van der Waals surface area contributed by atoms with Gasteiger partial charge in [-0.05, 0) is 37.1 Å². The Morgan fingerprint density at radius 3 is 2.18 bits per heavy atom. The first kappa shape index (κ1) is 16.5. The molecule has 0 amide bonds. The summed E-state index contributed by atoms with van der Waals surface area (Å²) in [7, 11) is 0. The Balaban J connectivity index is 1.82. The van der Waals surface area contributed by atoms with Crippen LogP contribution in [0.1, 0.15) is 31.1 Å². The van der Waals surface area contributed by atoms with Crippen molar-refractivity contribution in [1.29, 1.82) is 0 Å². The largest absolute Gasteiger partial charge is 0.387 e. The molecule has 0 unspecified atom stereocenters. The van der Waals surface area contributed by atoms with E-state index in [4.69, 9.17) is 0 Å². The van der Waals surface area contributed by atoms with Crippen LogP contribution < -0.4 is 10.2 Å². The second-order valence-corrected chi connectivity index (χ2v) is 5.40. The molecule has 0 heterocycles. The average Bonchev–Trinajstić information content (AvgIpc) is 2.58. The molecule has 0 aromatic heterocycles. The molecular formula is C19H26N2O. The van der Waals surface area contributed by atoms with Crippen LogP contribution >= 0.6 is 0 Å². The molecule has 0 saturated carbocycles. The first-order chi connectivity index (χ1) is 10.7. The van der Waals surface area contributed by atoms with Crippen molar-refractivity contribution >= 4 is 5.69 Å². The van der Waals surface area contributed by atoms with Gasteiger partial charge in [0.2, 0.25) is 0 Å². The molecule has 3 nitrogen and oxygen atoms in total. The Labute approximate surface area is 133 Å². The standard InChI is InChI=1S/C19H26N2O/c1-3-21(4-2)18-12-10-16(11-13-18)14-20-15-19(22)17-8-6-5-7-9-17/h5-13,19-20,22H,3-4,14-15H2,1-2H3/t19-/m0/s1. The summed E-state index contributed by atoms with van der Waals surface area (Å²) in [6.07, 6.45) is -0.462. The fourth-order valence-corrected chi connectivity index (χ4v) is 2.56. The number of nitrogens with zero attached hydrogens (tertiary/aromatic N) is 1. The zero-order chi connectivity index (χ0) is 15.8. The Hall–Kier alpha value is -1.84. The number of aliphatic hydroxyl groups excluding tert-OH is 1. The van der Waals surface area contributed by atoms with E-state index >= 15 is 0 Å². The highest BCUT2D eigenvalue weighted by Crippen LogP contribution is 2.15. The van der Waals surface area contributed by atoms with Gasteiger partial charge in [0.15, 0.2) is 0 Å². The summed E-state index contributed by atoms with van der Waals surface area (Å²) < 4.78 is 0. The lowest BCUT2D eigenvalue weighted by atomic mass is 10.1. The van der Waals surface area contributed by atoms with Crippen LogP contribution in [-0.2, 0) is 6.54 Å². The van der Waals surface area contributed by atoms with Crippen molar-refractivity contribution in [3.05, 3.63) is 65.7 Å². The smallest absolute Gasteiger partial charge is 0.0914 e. The molecule has 0 aliphatic carbocycles. The van der Waals surface area contributed by atoms with Gasteiger partial charge in [0.25, 0.3) is 0 Å². The van der Waals surface area contributed by atoms with Gasteiger partial charge >= 0.3 is 0 Å². The van der Waals surface area contributed by atoms with E-state index in [1.807, 2.05) is 30.3 Å². The second kappa shape index (κ2) is 8.57. The highest BCUT2D eigenvalue weighted by molar-refractivity contribution is 5.47. The summed E-state index contributed by atoms with van der Waals surface area (Å²) in [5.41, 5.74) is 3.45. The highest BCUT2D eigenvalue weighted by atomic mass is 16.3. The molecule has 0 fully saturated rings. The van der Waals surface area contributed by atoms with Crippen molar-refractivity contribution in [3.8, 4) is 0 Å². The maximum Gasteiger partial charge on any atom is 0.0914 e.